The monoisotopic (exact) mass is 250 g/mol. The van der Waals surface area contributed by atoms with Crippen LogP contribution in [0.5, 0.6) is 0 Å². The van der Waals surface area contributed by atoms with Crippen molar-refractivity contribution in [3.05, 3.63) is 0 Å². The molecule has 0 heterocycles. The SMILES string of the molecule is O=S(=O)(O)O.O=S(=O)(O)O.[Al+3].[Al+3]. The minimum atomic E-state index is -4.67. The van der Waals surface area contributed by atoms with E-state index in [0.29, 0.717) is 0 Å². The summed E-state index contributed by atoms with van der Waals surface area (Å²) in [5.74, 6) is 0. The van der Waals surface area contributed by atoms with Gasteiger partial charge in [0.2, 0.25) is 0 Å². The Morgan fingerprint density at radius 3 is 0.583 bits per heavy atom. The fourth-order valence-corrected chi connectivity index (χ4v) is 0. The summed E-state index contributed by atoms with van der Waals surface area (Å²) in [6, 6.07) is 0. The molecule has 0 amide bonds. The predicted molar refractivity (Wildman–Crippen MR) is 39.9 cm³/mol. The van der Waals surface area contributed by atoms with Crippen LogP contribution in [0.4, 0.5) is 0 Å². The Morgan fingerprint density at radius 1 is 0.583 bits per heavy atom. The van der Waals surface area contributed by atoms with Crippen molar-refractivity contribution in [1.29, 1.82) is 0 Å². The van der Waals surface area contributed by atoms with Crippen molar-refractivity contribution in [3.63, 3.8) is 0 Å². The summed E-state index contributed by atoms with van der Waals surface area (Å²) < 4.78 is 63.2. The smallest absolute Gasteiger partial charge is 0.264 e. The molecule has 4 N–H and O–H groups in total. The molecule has 0 atom stereocenters. The summed E-state index contributed by atoms with van der Waals surface area (Å²) in [7, 11) is -9.33. The molecule has 0 unspecified atom stereocenters. The summed E-state index contributed by atoms with van der Waals surface area (Å²) in [5.41, 5.74) is 0. The fraction of sp³-hybridized carbons (Fsp3) is 0. The molecule has 0 saturated heterocycles. The number of hydrogen-bond acceptors (Lipinski definition) is 4. The van der Waals surface area contributed by atoms with Crippen LogP contribution in [0.25, 0.3) is 0 Å². The Hall–Kier alpha value is 0.805. The third-order valence-corrected chi connectivity index (χ3v) is 0. The molecule has 0 aromatic rings. The van der Waals surface area contributed by atoms with Gasteiger partial charge in [-0.1, -0.05) is 0 Å². The van der Waals surface area contributed by atoms with E-state index in [1.165, 1.54) is 0 Å². The normalized spacial score (nSPS) is 9.67. The molecule has 0 aliphatic rings. The second-order valence-corrected chi connectivity index (χ2v) is 2.69. The zero-order chi connectivity index (χ0) is 9.00. The van der Waals surface area contributed by atoms with Crippen LogP contribution < -0.4 is 0 Å². The first-order chi connectivity index (χ1) is 4.00. The molecule has 0 fully saturated rings. The third kappa shape index (κ3) is 1600. The predicted octanol–water partition coefficient (Wildman–Crippen LogP) is -2.07. The Bertz CT molecular complexity index is 211. The summed E-state index contributed by atoms with van der Waals surface area (Å²) >= 11 is 0. The van der Waals surface area contributed by atoms with E-state index in [0.717, 1.165) is 0 Å². The molecule has 64 valence electrons. The second-order valence-electron chi connectivity index (χ2n) is 0.896. The van der Waals surface area contributed by atoms with E-state index in [2.05, 4.69) is 0 Å². The van der Waals surface area contributed by atoms with Crippen LogP contribution in [0.1, 0.15) is 0 Å². The molecule has 0 spiro atoms. The number of hydrogen-bond donors (Lipinski definition) is 4. The van der Waals surface area contributed by atoms with Gasteiger partial charge in [0.1, 0.15) is 0 Å². The molecular formula is H4Al2O8S2+6. The average molecular weight is 250 g/mol. The van der Waals surface area contributed by atoms with Gasteiger partial charge in [-0.15, -0.1) is 0 Å². The van der Waals surface area contributed by atoms with Crippen molar-refractivity contribution in [2.75, 3.05) is 0 Å². The summed E-state index contributed by atoms with van der Waals surface area (Å²) in [6.07, 6.45) is 0. The first-order valence-corrected chi connectivity index (χ1v) is 4.19. The molecule has 0 aromatic heterocycles. The molecular weight excluding hydrogens is 246 g/mol. The van der Waals surface area contributed by atoms with E-state index in [-0.39, 0.29) is 34.7 Å². The van der Waals surface area contributed by atoms with E-state index < -0.39 is 20.8 Å². The van der Waals surface area contributed by atoms with Crippen molar-refractivity contribution < 1.29 is 35.0 Å². The molecule has 0 bridgehead atoms. The number of rotatable bonds is 0. The van der Waals surface area contributed by atoms with Gasteiger partial charge >= 0.3 is 55.5 Å². The minimum Gasteiger partial charge on any atom is -0.264 e. The minimum absolute atomic E-state index is 0. The first-order valence-electron chi connectivity index (χ1n) is 1.40. The van der Waals surface area contributed by atoms with E-state index in [4.69, 9.17) is 35.0 Å². The van der Waals surface area contributed by atoms with E-state index >= 15 is 0 Å². The third-order valence-electron chi connectivity index (χ3n) is 0. The maximum Gasteiger partial charge on any atom is 3.00 e. The first kappa shape index (κ1) is 23.0. The quantitative estimate of drug-likeness (QED) is 0.283. The second kappa shape index (κ2) is 8.41. The van der Waals surface area contributed by atoms with Gasteiger partial charge in [-0.25, -0.2) is 0 Å². The maximum absolute atomic E-state index is 8.74. The Labute approximate surface area is 90.4 Å². The van der Waals surface area contributed by atoms with Gasteiger partial charge in [0.25, 0.3) is 0 Å². The molecule has 0 rings (SSSR count). The maximum atomic E-state index is 8.74. The summed E-state index contributed by atoms with van der Waals surface area (Å²) in [5, 5.41) is 0. The van der Waals surface area contributed by atoms with Crippen molar-refractivity contribution in [1.82, 2.24) is 0 Å². The summed E-state index contributed by atoms with van der Waals surface area (Å²) in [6.45, 7) is 0. The Kier molecular flexibility index (Phi) is 16.1. The topological polar surface area (TPSA) is 149 Å². The molecule has 0 aliphatic heterocycles. The Morgan fingerprint density at radius 2 is 0.583 bits per heavy atom. The van der Waals surface area contributed by atoms with Gasteiger partial charge in [-0.3, -0.25) is 18.2 Å². The van der Waals surface area contributed by atoms with Crippen LogP contribution in [0.2, 0.25) is 0 Å². The largest absolute Gasteiger partial charge is 3.00 e. The zero-order valence-corrected chi connectivity index (χ0v) is 9.34. The van der Waals surface area contributed by atoms with Gasteiger partial charge in [-0.05, 0) is 0 Å². The van der Waals surface area contributed by atoms with Crippen LogP contribution >= 0.6 is 0 Å². The van der Waals surface area contributed by atoms with Crippen molar-refractivity contribution in [2.45, 2.75) is 0 Å². The molecule has 0 radical (unpaired) electrons. The van der Waals surface area contributed by atoms with Gasteiger partial charge in [0.05, 0.1) is 0 Å². The van der Waals surface area contributed by atoms with Gasteiger partial charge < -0.3 is 0 Å². The summed E-state index contributed by atoms with van der Waals surface area (Å²) in [4.78, 5) is 0. The van der Waals surface area contributed by atoms with E-state index in [9.17, 15) is 0 Å². The molecule has 12 heavy (non-hydrogen) atoms. The molecule has 0 aromatic carbocycles. The van der Waals surface area contributed by atoms with Crippen LogP contribution in [0.15, 0.2) is 0 Å². The molecule has 12 heteroatoms. The molecule has 0 saturated carbocycles. The van der Waals surface area contributed by atoms with Crippen molar-refractivity contribution >= 4 is 55.5 Å². The average Bonchev–Trinajstić information content (AvgIpc) is 1.12. The van der Waals surface area contributed by atoms with Crippen LogP contribution in [-0.2, 0) is 20.8 Å². The van der Waals surface area contributed by atoms with Gasteiger partial charge in [0, 0.05) is 0 Å². The van der Waals surface area contributed by atoms with Crippen LogP contribution in [-0.4, -0.2) is 69.8 Å². The van der Waals surface area contributed by atoms with Crippen molar-refractivity contribution in [3.8, 4) is 0 Å². The van der Waals surface area contributed by atoms with Crippen molar-refractivity contribution in [2.24, 2.45) is 0 Å². The molecule has 0 aliphatic carbocycles. The standard InChI is InChI=1S/2Al.2H2O4S/c;;2*1-5(2,3)4/h;;2*(H2,1,2,3,4)/q2*+3;;. The molecule has 8 nitrogen and oxygen atoms in total. The van der Waals surface area contributed by atoms with E-state index in [1.807, 2.05) is 0 Å². The van der Waals surface area contributed by atoms with E-state index in [1.54, 1.807) is 0 Å². The Balaban J connectivity index is -0.0000000457. The fourth-order valence-electron chi connectivity index (χ4n) is 0. The van der Waals surface area contributed by atoms with Gasteiger partial charge in [0.15, 0.2) is 0 Å². The van der Waals surface area contributed by atoms with Gasteiger partial charge in [-0.2, -0.15) is 16.8 Å². The van der Waals surface area contributed by atoms with Crippen LogP contribution in [0.3, 0.4) is 0 Å². The zero-order valence-electron chi connectivity index (χ0n) is 5.39. The van der Waals surface area contributed by atoms with Crippen LogP contribution in [0, 0.1) is 0 Å².